The summed E-state index contributed by atoms with van der Waals surface area (Å²) in [5.41, 5.74) is 4.18. The molecule has 0 fully saturated rings. The average Bonchev–Trinajstić information content (AvgIpc) is 3.19. The predicted molar refractivity (Wildman–Crippen MR) is 136 cm³/mol. The van der Waals surface area contributed by atoms with Crippen LogP contribution in [0.15, 0.2) is 76.3 Å². The SMILES string of the molecule is Cc1ccc(CN=C(NCCCNC(=O)c2occc2C)Nc2ccccc2)cc1.I. The van der Waals surface area contributed by atoms with E-state index < -0.39 is 0 Å². The van der Waals surface area contributed by atoms with E-state index in [1.165, 1.54) is 11.8 Å². The van der Waals surface area contributed by atoms with Crippen molar-refractivity contribution in [1.29, 1.82) is 0 Å². The molecular formula is C24H29IN4O2. The van der Waals surface area contributed by atoms with Gasteiger partial charge in [-0.3, -0.25) is 4.79 Å². The Morgan fingerprint density at radius 1 is 0.935 bits per heavy atom. The van der Waals surface area contributed by atoms with E-state index >= 15 is 0 Å². The fraction of sp³-hybridized carbons (Fsp3) is 0.250. The van der Waals surface area contributed by atoms with E-state index in [9.17, 15) is 4.79 Å². The first-order valence-electron chi connectivity index (χ1n) is 10.1. The number of hydrogen-bond acceptors (Lipinski definition) is 3. The third-order valence-corrected chi connectivity index (χ3v) is 4.58. The van der Waals surface area contributed by atoms with Crippen molar-refractivity contribution in [3.05, 3.63) is 89.4 Å². The van der Waals surface area contributed by atoms with E-state index in [4.69, 9.17) is 9.41 Å². The number of hydrogen-bond donors (Lipinski definition) is 3. The van der Waals surface area contributed by atoms with Crippen LogP contribution in [0.3, 0.4) is 0 Å². The third-order valence-electron chi connectivity index (χ3n) is 4.58. The molecule has 0 aliphatic carbocycles. The van der Waals surface area contributed by atoms with Crippen LogP contribution in [0.1, 0.15) is 33.7 Å². The highest BCUT2D eigenvalue weighted by Gasteiger charge is 2.11. The molecule has 164 valence electrons. The van der Waals surface area contributed by atoms with Gasteiger partial charge >= 0.3 is 0 Å². The molecule has 0 aliphatic rings. The summed E-state index contributed by atoms with van der Waals surface area (Å²) in [6.07, 6.45) is 2.28. The molecule has 3 aromatic rings. The Morgan fingerprint density at radius 3 is 2.32 bits per heavy atom. The minimum absolute atomic E-state index is 0. The lowest BCUT2D eigenvalue weighted by Gasteiger charge is -2.13. The first-order valence-corrected chi connectivity index (χ1v) is 10.1. The smallest absolute Gasteiger partial charge is 0.287 e. The standard InChI is InChI=1S/C24H28N4O2.HI/c1-18-9-11-20(12-10-18)17-27-24(28-21-7-4-3-5-8-21)26-15-6-14-25-23(29)22-19(2)13-16-30-22;/h3-5,7-13,16H,6,14-15,17H2,1-2H3,(H,25,29)(H2,26,27,28);1H. The number of aliphatic imine (C=N–C) groups is 1. The largest absolute Gasteiger partial charge is 0.459 e. The number of aryl methyl sites for hydroxylation is 2. The average molecular weight is 532 g/mol. The van der Waals surface area contributed by atoms with Crippen LogP contribution in [0, 0.1) is 13.8 Å². The van der Waals surface area contributed by atoms with Crippen LogP contribution >= 0.6 is 24.0 Å². The summed E-state index contributed by atoms with van der Waals surface area (Å²) in [6.45, 7) is 5.72. The lowest BCUT2D eigenvalue weighted by molar-refractivity contribution is 0.0925. The minimum atomic E-state index is -0.187. The van der Waals surface area contributed by atoms with Gasteiger partial charge in [-0.05, 0) is 44.0 Å². The van der Waals surface area contributed by atoms with Crippen molar-refractivity contribution in [1.82, 2.24) is 10.6 Å². The van der Waals surface area contributed by atoms with Crippen LogP contribution in [0.2, 0.25) is 0 Å². The molecule has 31 heavy (non-hydrogen) atoms. The van der Waals surface area contributed by atoms with Gasteiger partial charge in [-0.2, -0.15) is 0 Å². The van der Waals surface area contributed by atoms with Crippen LogP contribution in [0.5, 0.6) is 0 Å². The number of carbonyl (C=O) groups excluding carboxylic acids is 1. The molecule has 1 aromatic heterocycles. The number of benzene rings is 2. The third kappa shape index (κ3) is 8.09. The maximum Gasteiger partial charge on any atom is 0.287 e. The van der Waals surface area contributed by atoms with Gasteiger partial charge in [0, 0.05) is 24.3 Å². The quantitative estimate of drug-likeness (QED) is 0.167. The molecule has 0 saturated carbocycles. The fourth-order valence-corrected chi connectivity index (χ4v) is 2.84. The Bertz CT molecular complexity index is 969. The highest BCUT2D eigenvalue weighted by atomic mass is 127. The molecule has 1 amide bonds. The molecule has 0 bridgehead atoms. The molecule has 7 heteroatoms. The zero-order chi connectivity index (χ0) is 21.2. The molecule has 0 aliphatic heterocycles. The molecular weight excluding hydrogens is 503 g/mol. The number of amides is 1. The second-order valence-electron chi connectivity index (χ2n) is 7.11. The van der Waals surface area contributed by atoms with Crippen molar-refractivity contribution >= 4 is 41.5 Å². The van der Waals surface area contributed by atoms with Crippen LogP contribution in [-0.2, 0) is 6.54 Å². The number of furan rings is 1. The zero-order valence-corrected chi connectivity index (χ0v) is 20.2. The first kappa shape index (κ1) is 24.5. The second-order valence-corrected chi connectivity index (χ2v) is 7.11. The van der Waals surface area contributed by atoms with Crippen LogP contribution in [0.25, 0.3) is 0 Å². The van der Waals surface area contributed by atoms with E-state index in [-0.39, 0.29) is 29.9 Å². The maximum absolute atomic E-state index is 12.1. The van der Waals surface area contributed by atoms with Crippen molar-refractivity contribution in [3.8, 4) is 0 Å². The number of nitrogens with zero attached hydrogens (tertiary/aromatic N) is 1. The van der Waals surface area contributed by atoms with Gasteiger partial charge in [0.25, 0.3) is 5.91 Å². The van der Waals surface area contributed by atoms with Gasteiger partial charge in [0.1, 0.15) is 0 Å². The number of rotatable bonds is 8. The van der Waals surface area contributed by atoms with Gasteiger partial charge in [-0.25, -0.2) is 4.99 Å². The Labute approximate surface area is 200 Å². The number of carbonyl (C=O) groups is 1. The lowest BCUT2D eigenvalue weighted by atomic mass is 10.1. The summed E-state index contributed by atoms with van der Waals surface area (Å²) in [6, 6.07) is 20.1. The molecule has 0 unspecified atom stereocenters. The van der Waals surface area contributed by atoms with Crippen LogP contribution < -0.4 is 16.0 Å². The molecule has 2 aromatic carbocycles. The number of guanidine groups is 1. The second kappa shape index (κ2) is 12.8. The van der Waals surface area contributed by atoms with E-state index in [0.717, 1.165) is 23.2 Å². The van der Waals surface area contributed by atoms with Crippen molar-refractivity contribution < 1.29 is 9.21 Å². The summed E-state index contributed by atoms with van der Waals surface area (Å²) in [7, 11) is 0. The number of anilines is 1. The van der Waals surface area contributed by atoms with E-state index in [1.54, 1.807) is 6.07 Å². The topological polar surface area (TPSA) is 78.7 Å². The summed E-state index contributed by atoms with van der Waals surface area (Å²) < 4.78 is 5.21. The number of halogens is 1. The summed E-state index contributed by atoms with van der Waals surface area (Å²) in [5, 5.41) is 9.54. The lowest BCUT2D eigenvalue weighted by Crippen LogP contribution is -2.34. The van der Waals surface area contributed by atoms with Crippen LogP contribution in [0.4, 0.5) is 5.69 Å². The zero-order valence-electron chi connectivity index (χ0n) is 17.9. The van der Waals surface area contributed by atoms with Crippen molar-refractivity contribution in [2.24, 2.45) is 4.99 Å². The van der Waals surface area contributed by atoms with Crippen molar-refractivity contribution in [3.63, 3.8) is 0 Å². The highest BCUT2D eigenvalue weighted by molar-refractivity contribution is 14.0. The van der Waals surface area contributed by atoms with Gasteiger partial charge in [0.15, 0.2) is 11.7 Å². The molecule has 6 nitrogen and oxygen atoms in total. The van der Waals surface area contributed by atoms with Crippen molar-refractivity contribution in [2.45, 2.75) is 26.8 Å². The van der Waals surface area contributed by atoms with Gasteiger partial charge in [-0.1, -0.05) is 48.0 Å². The van der Waals surface area contributed by atoms with Gasteiger partial charge in [0.05, 0.1) is 12.8 Å². The summed E-state index contributed by atoms with van der Waals surface area (Å²) >= 11 is 0. The molecule has 0 spiro atoms. The van der Waals surface area contributed by atoms with Gasteiger partial charge in [-0.15, -0.1) is 24.0 Å². The summed E-state index contributed by atoms with van der Waals surface area (Å²) in [5.74, 6) is 0.886. The molecule has 1 heterocycles. The van der Waals surface area contributed by atoms with E-state index in [1.807, 2.05) is 37.3 Å². The predicted octanol–water partition coefficient (Wildman–Crippen LogP) is 4.89. The fourth-order valence-electron chi connectivity index (χ4n) is 2.84. The molecule has 3 N–H and O–H groups in total. The van der Waals surface area contributed by atoms with Gasteiger partial charge in [0.2, 0.25) is 0 Å². The van der Waals surface area contributed by atoms with Crippen LogP contribution in [-0.4, -0.2) is 25.0 Å². The summed E-state index contributed by atoms with van der Waals surface area (Å²) in [4.78, 5) is 16.8. The number of nitrogens with one attached hydrogen (secondary N) is 3. The molecule has 0 saturated heterocycles. The Morgan fingerprint density at radius 2 is 1.65 bits per heavy atom. The normalized spacial score (nSPS) is 10.8. The highest BCUT2D eigenvalue weighted by Crippen LogP contribution is 2.08. The Balaban J connectivity index is 0.00000341. The molecule has 0 radical (unpaired) electrons. The Kier molecular flexibility index (Phi) is 10.1. The van der Waals surface area contributed by atoms with Crippen molar-refractivity contribution in [2.75, 3.05) is 18.4 Å². The van der Waals surface area contributed by atoms with Gasteiger partial charge < -0.3 is 20.4 Å². The number of para-hydroxylation sites is 1. The monoisotopic (exact) mass is 532 g/mol. The first-order chi connectivity index (χ1) is 14.6. The molecule has 3 rings (SSSR count). The minimum Gasteiger partial charge on any atom is -0.459 e. The maximum atomic E-state index is 12.1. The van der Waals surface area contributed by atoms with E-state index in [0.29, 0.717) is 31.4 Å². The Hall–Kier alpha value is -2.81. The molecule has 0 atom stereocenters. The van der Waals surface area contributed by atoms with E-state index in [2.05, 4.69) is 47.1 Å².